The predicted octanol–water partition coefficient (Wildman–Crippen LogP) is 5.11. The molecule has 1 unspecified atom stereocenters. The van der Waals surface area contributed by atoms with E-state index in [9.17, 15) is 0 Å². The maximum atomic E-state index is 5.85. The number of ether oxygens (including phenoxy) is 2. The molecular weight excluding hydrogens is 260 g/mol. The van der Waals surface area contributed by atoms with Crippen LogP contribution in [0.25, 0.3) is 0 Å². The number of hydrogen-bond acceptors (Lipinski definition) is 2. The first-order valence-electron chi connectivity index (χ1n) is 8.07. The van der Waals surface area contributed by atoms with Crippen molar-refractivity contribution in [3.63, 3.8) is 0 Å². The Morgan fingerprint density at radius 3 is 2.48 bits per heavy atom. The quantitative estimate of drug-likeness (QED) is 0.767. The number of rotatable bonds is 4. The van der Waals surface area contributed by atoms with Crippen molar-refractivity contribution in [1.29, 1.82) is 0 Å². The molecule has 2 nitrogen and oxygen atoms in total. The molecule has 1 saturated heterocycles. The molecule has 1 aliphatic rings. The minimum atomic E-state index is -0.0940. The van der Waals surface area contributed by atoms with E-state index >= 15 is 0 Å². The summed E-state index contributed by atoms with van der Waals surface area (Å²) in [4.78, 5) is 0. The Morgan fingerprint density at radius 1 is 1.19 bits per heavy atom. The van der Waals surface area contributed by atoms with Crippen LogP contribution in [-0.2, 0) is 10.2 Å². The molecule has 1 aliphatic heterocycles. The molecule has 0 bridgehead atoms. The van der Waals surface area contributed by atoms with Crippen molar-refractivity contribution in [1.82, 2.24) is 0 Å². The molecule has 0 aromatic heterocycles. The summed E-state index contributed by atoms with van der Waals surface area (Å²) in [6, 6.07) is 9.54. The van der Waals surface area contributed by atoms with Crippen molar-refractivity contribution in [2.45, 2.75) is 72.0 Å². The fraction of sp³-hybridized carbons (Fsp3) is 0.684. The lowest BCUT2D eigenvalue weighted by Crippen LogP contribution is -2.26. The van der Waals surface area contributed by atoms with Gasteiger partial charge in [0.25, 0.3) is 0 Å². The lowest BCUT2D eigenvalue weighted by molar-refractivity contribution is -0.106. The molecule has 0 spiro atoms. The zero-order valence-corrected chi connectivity index (χ0v) is 14.2. The van der Waals surface area contributed by atoms with E-state index in [4.69, 9.17) is 9.47 Å². The lowest BCUT2D eigenvalue weighted by atomic mass is 9.72. The summed E-state index contributed by atoms with van der Waals surface area (Å²) in [5.41, 5.74) is 1.78. The van der Waals surface area contributed by atoms with Gasteiger partial charge in [-0.05, 0) is 47.8 Å². The topological polar surface area (TPSA) is 18.5 Å². The zero-order valence-electron chi connectivity index (χ0n) is 14.2. The second kappa shape index (κ2) is 6.39. The van der Waals surface area contributed by atoms with Crippen molar-refractivity contribution in [2.75, 3.05) is 6.61 Å². The van der Waals surface area contributed by atoms with Crippen LogP contribution in [0.5, 0.6) is 5.75 Å². The molecule has 2 rings (SSSR count). The van der Waals surface area contributed by atoms with Crippen LogP contribution in [0.1, 0.15) is 65.9 Å². The normalized spacial score (nSPS) is 20.3. The molecule has 0 aliphatic carbocycles. The molecule has 117 valence electrons. The summed E-state index contributed by atoms with van der Waals surface area (Å²) < 4.78 is 11.4. The third kappa shape index (κ3) is 5.03. The molecule has 1 heterocycles. The number of hydrogen-bond donors (Lipinski definition) is 0. The predicted molar refractivity (Wildman–Crippen MR) is 86.6 cm³/mol. The minimum Gasteiger partial charge on any atom is -0.464 e. The van der Waals surface area contributed by atoms with Crippen LogP contribution >= 0.6 is 0 Å². The highest BCUT2D eigenvalue weighted by Gasteiger charge is 2.27. The zero-order chi connectivity index (χ0) is 15.5. The van der Waals surface area contributed by atoms with E-state index in [1.807, 2.05) is 6.07 Å². The van der Waals surface area contributed by atoms with Crippen molar-refractivity contribution < 1.29 is 9.47 Å². The molecule has 2 heteroatoms. The summed E-state index contributed by atoms with van der Waals surface area (Å²) in [7, 11) is 0. The van der Waals surface area contributed by atoms with Crippen LogP contribution in [-0.4, -0.2) is 12.9 Å². The van der Waals surface area contributed by atoms with Gasteiger partial charge in [-0.15, -0.1) is 0 Å². The van der Waals surface area contributed by atoms with Gasteiger partial charge in [-0.3, -0.25) is 0 Å². The van der Waals surface area contributed by atoms with Crippen LogP contribution in [0.15, 0.2) is 18.2 Å². The maximum absolute atomic E-state index is 5.85. The third-order valence-electron chi connectivity index (χ3n) is 3.93. The largest absolute Gasteiger partial charge is 0.464 e. The van der Waals surface area contributed by atoms with E-state index in [1.54, 1.807) is 0 Å². The highest BCUT2D eigenvalue weighted by molar-refractivity contribution is 5.30. The average molecular weight is 289 g/mol. The van der Waals surface area contributed by atoms with E-state index in [2.05, 4.69) is 52.8 Å². The molecule has 1 radical (unpaired) electrons. The molecule has 1 aromatic rings. The lowest BCUT2D eigenvalue weighted by Gasteiger charge is -2.33. The second-order valence-corrected chi connectivity index (χ2v) is 7.98. The summed E-state index contributed by atoms with van der Waals surface area (Å²) in [5.74, 6) is 0.789. The van der Waals surface area contributed by atoms with Gasteiger partial charge in [0, 0.05) is 12.5 Å². The van der Waals surface area contributed by atoms with Gasteiger partial charge in [-0.1, -0.05) is 40.7 Å². The maximum Gasteiger partial charge on any atom is 0.199 e. The van der Waals surface area contributed by atoms with E-state index in [0.717, 1.165) is 31.6 Å². The fourth-order valence-electron chi connectivity index (χ4n) is 3.28. The van der Waals surface area contributed by atoms with Gasteiger partial charge in [-0.2, -0.15) is 0 Å². The van der Waals surface area contributed by atoms with Crippen LogP contribution in [0.2, 0.25) is 0 Å². The molecule has 0 N–H and O–H groups in total. The molecule has 0 saturated carbocycles. The Kier molecular flexibility index (Phi) is 4.98. The Balaban J connectivity index is 2.00. The third-order valence-corrected chi connectivity index (χ3v) is 3.93. The molecular formula is C19H29O2. The highest BCUT2D eigenvalue weighted by atomic mass is 16.7. The Bertz CT molecular complexity index is 434. The minimum absolute atomic E-state index is 0.0940. The van der Waals surface area contributed by atoms with Gasteiger partial charge >= 0.3 is 0 Å². The summed E-state index contributed by atoms with van der Waals surface area (Å²) >= 11 is 0. The number of benzene rings is 1. The second-order valence-electron chi connectivity index (χ2n) is 7.98. The first-order chi connectivity index (χ1) is 9.76. The molecule has 1 fully saturated rings. The molecule has 0 amide bonds. The van der Waals surface area contributed by atoms with E-state index in [1.165, 1.54) is 12.0 Å². The van der Waals surface area contributed by atoms with E-state index in [0.29, 0.717) is 5.41 Å². The molecule has 21 heavy (non-hydrogen) atoms. The first-order valence-corrected chi connectivity index (χ1v) is 8.07. The van der Waals surface area contributed by atoms with Crippen LogP contribution in [0, 0.1) is 11.5 Å². The average Bonchev–Trinajstić information content (AvgIpc) is 2.38. The Morgan fingerprint density at radius 2 is 1.95 bits per heavy atom. The monoisotopic (exact) mass is 289 g/mol. The van der Waals surface area contributed by atoms with Crippen molar-refractivity contribution in [2.24, 2.45) is 5.41 Å². The molecule has 1 aromatic carbocycles. The smallest absolute Gasteiger partial charge is 0.199 e. The van der Waals surface area contributed by atoms with Gasteiger partial charge in [0.15, 0.2) is 6.29 Å². The SMILES string of the molecule is CC(C)(C)CC(C)(C)c1c[c]c(OC2CCCCO2)cc1. The van der Waals surface area contributed by atoms with Crippen molar-refractivity contribution in [3.8, 4) is 5.75 Å². The van der Waals surface area contributed by atoms with Crippen LogP contribution in [0.4, 0.5) is 0 Å². The standard InChI is InChI=1S/C19H29O2/c1-18(2,3)14-19(4,5)15-9-11-16(12-10-15)21-17-8-6-7-13-20-17/h9-11,17H,6-8,13-14H2,1-5H3. The van der Waals surface area contributed by atoms with Gasteiger partial charge in [-0.25, -0.2) is 0 Å². The fourth-order valence-corrected chi connectivity index (χ4v) is 3.28. The Hall–Kier alpha value is -1.02. The van der Waals surface area contributed by atoms with Crippen LogP contribution in [0.3, 0.4) is 0 Å². The van der Waals surface area contributed by atoms with E-state index in [-0.39, 0.29) is 11.7 Å². The molecule has 1 atom stereocenters. The van der Waals surface area contributed by atoms with Gasteiger partial charge in [0.05, 0.1) is 6.61 Å². The van der Waals surface area contributed by atoms with Gasteiger partial charge in [0.2, 0.25) is 0 Å². The van der Waals surface area contributed by atoms with Crippen LogP contribution < -0.4 is 4.74 Å². The van der Waals surface area contributed by atoms with Gasteiger partial charge in [0.1, 0.15) is 5.75 Å². The van der Waals surface area contributed by atoms with Gasteiger partial charge < -0.3 is 9.47 Å². The Labute approximate surface area is 129 Å². The van der Waals surface area contributed by atoms with Crippen molar-refractivity contribution >= 4 is 0 Å². The van der Waals surface area contributed by atoms with Crippen molar-refractivity contribution in [3.05, 3.63) is 29.8 Å². The summed E-state index contributed by atoms with van der Waals surface area (Å²) in [5, 5.41) is 0. The summed E-state index contributed by atoms with van der Waals surface area (Å²) in [6.45, 7) is 12.3. The van der Waals surface area contributed by atoms with E-state index < -0.39 is 0 Å². The first kappa shape index (κ1) is 16.4. The summed E-state index contributed by atoms with van der Waals surface area (Å²) in [6.07, 6.45) is 4.35. The highest BCUT2D eigenvalue weighted by Crippen LogP contribution is 2.36.